The molecule has 0 aromatic rings. The van der Waals surface area contributed by atoms with Gasteiger partial charge >= 0.3 is 0 Å². The van der Waals surface area contributed by atoms with E-state index in [4.69, 9.17) is 9.84 Å². The Bertz CT molecular complexity index is 63.3. The second-order valence-corrected chi connectivity index (χ2v) is 1.95. The van der Waals surface area contributed by atoms with Gasteiger partial charge in [-0.3, -0.25) is 0 Å². The van der Waals surface area contributed by atoms with Gasteiger partial charge in [-0.2, -0.15) is 0 Å². The second kappa shape index (κ2) is 4.73. The zero-order valence-electron chi connectivity index (χ0n) is 6.13. The van der Waals surface area contributed by atoms with Gasteiger partial charge in [-0.25, -0.2) is 0 Å². The largest absolute Gasteiger partial charge is 0.346 e. The fourth-order valence-corrected chi connectivity index (χ4v) is 0.415. The molecule has 0 radical (unpaired) electrons. The molecule has 1 N–H and O–H groups in total. The van der Waals surface area contributed by atoms with E-state index in [-0.39, 0.29) is 6.10 Å². The summed E-state index contributed by atoms with van der Waals surface area (Å²) >= 11 is 0. The number of hydrogen-bond donors (Lipinski definition) is 1. The Morgan fingerprint density at radius 1 is 1.44 bits per heavy atom. The van der Waals surface area contributed by atoms with E-state index in [1.54, 1.807) is 6.92 Å². The number of aliphatic hydroxyl groups excluding tert-OH is 1. The molecule has 0 saturated carbocycles. The summed E-state index contributed by atoms with van der Waals surface area (Å²) in [7, 11) is 0. The lowest BCUT2D eigenvalue weighted by atomic mass is 10.5. The molecule has 0 aliphatic rings. The average molecular weight is 134 g/mol. The van der Waals surface area contributed by atoms with Crippen LogP contribution in [0.15, 0.2) is 0 Å². The third-order valence-electron chi connectivity index (χ3n) is 0.698. The van der Waals surface area contributed by atoms with E-state index < -0.39 is 6.48 Å². The maximum Gasteiger partial charge on any atom is 0.269 e. The van der Waals surface area contributed by atoms with Gasteiger partial charge in [-0.05, 0) is 20.8 Å². The van der Waals surface area contributed by atoms with Crippen molar-refractivity contribution in [3.8, 4) is 0 Å². The van der Waals surface area contributed by atoms with Crippen molar-refractivity contribution in [2.45, 2.75) is 33.4 Å². The molecule has 0 fully saturated rings. The summed E-state index contributed by atoms with van der Waals surface area (Å²) in [4.78, 5) is 0. The van der Waals surface area contributed by atoms with Gasteiger partial charge in [0.1, 0.15) is 0 Å². The molecule has 0 rings (SSSR count). The van der Waals surface area contributed by atoms with Crippen LogP contribution in [0.3, 0.4) is 0 Å². The summed E-state index contributed by atoms with van der Waals surface area (Å²) in [6, 6.07) is 0. The minimum atomic E-state index is -1.06. The summed E-state index contributed by atoms with van der Waals surface area (Å²) in [6.07, 6.45) is 0.00606. The lowest BCUT2D eigenvalue weighted by molar-refractivity contribution is -0.274. The van der Waals surface area contributed by atoms with E-state index in [9.17, 15) is 0 Å². The highest BCUT2D eigenvalue weighted by molar-refractivity contribution is 4.32. The molecule has 0 saturated heterocycles. The second-order valence-electron chi connectivity index (χ2n) is 1.95. The van der Waals surface area contributed by atoms with Crippen molar-refractivity contribution < 1.29 is 14.6 Å². The molecular weight excluding hydrogens is 120 g/mol. The zero-order chi connectivity index (χ0) is 7.28. The van der Waals surface area contributed by atoms with Gasteiger partial charge < -0.3 is 14.6 Å². The number of hydrogen-bond acceptors (Lipinski definition) is 3. The van der Waals surface area contributed by atoms with Crippen molar-refractivity contribution in [3.05, 3.63) is 0 Å². The Hall–Kier alpha value is -0.120. The standard InChI is InChI=1S/C6H14O3/c1-4-8-6(7)9-5(2)3/h5-7H,4H2,1-3H3. The first kappa shape index (κ1) is 8.88. The molecule has 9 heavy (non-hydrogen) atoms. The molecule has 1 unspecified atom stereocenters. The van der Waals surface area contributed by atoms with E-state index in [0.29, 0.717) is 6.61 Å². The maximum atomic E-state index is 8.78. The summed E-state index contributed by atoms with van der Waals surface area (Å²) in [5.74, 6) is 0. The van der Waals surface area contributed by atoms with E-state index in [1.807, 2.05) is 13.8 Å². The topological polar surface area (TPSA) is 38.7 Å². The van der Waals surface area contributed by atoms with E-state index in [2.05, 4.69) is 4.74 Å². The number of rotatable bonds is 4. The predicted octanol–water partition coefficient (Wildman–Crippen LogP) is 0.724. The molecule has 0 bridgehead atoms. The van der Waals surface area contributed by atoms with Crippen LogP contribution in [0.2, 0.25) is 0 Å². The lowest BCUT2D eigenvalue weighted by Crippen LogP contribution is -2.20. The summed E-state index contributed by atoms with van der Waals surface area (Å²) in [6.45, 7) is 4.88. The first-order valence-corrected chi connectivity index (χ1v) is 3.12. The van der Waals surface area contributed by atoms with Crippen LogP contribution in [-0.2, 0) is 9.47 Å². The molecule has 0 aliphatic heterocycles. The van der Waals surface area contributed by atoms with Crippen molar-refractivity contribution in [1.29, 1.82) is 0 Å². The van der Waals surface area contributed by atoms with Crippen LogP contribution in [-0.4, -0.2) is 24.3 Å². The van der Waals surface area contributed by atoms with Gasteiger partial charge in [0.05, 0.1) is 6.10 Å². The Balaban J connectivity index is 3.15. The highest BCUT2D eigenvalue weighted by atomic mass is 16.8. The zero-order valence-corrected chi connectivity index (χ0v) is 6.13. The molecule has 56 valence electrons. The van der Waals surface area contributed by atoms with Crippen LogP contribution in [0.25, 0.3) is 0 Å². The summed E-state index contributed by atoms with van der Waals surface area (Å²) < 4.78 is 9.51. The van der Waals surface area contributed by atoms with Crippen molar-refractivity contribution in [2.75, 3.05) is 6.61 Å². The minimum Gasteiger partial charge on any atom is -0.346 e. The third-order valence-corrected chi connectivity index (χ3v) is 0.698. The number of ether oxygens (including phenoxy) is 2. The van der Waals surface area contributed by atoms with Gasteiger partial charge in [0.2, 0.25) is 0 Å². The van der Waals surface area contributed by atoms with Gasteiger partial charge in [0.25, 0.3) is 6.48 Å². The van der Waals surface area contributed by atoms with E-state index >= 15 is 0 Å². The first-order valence-electron chi connectivity index (χ1n) is 3.12. The highest BCUT2D eigenvalue weighted by Gasteiger charge is 2.03. The van der Waals surface area contributed by atoms with Crippen LogP contribution in [0, 0.1) is 0 Å². The third kappa shape index (κ3) is 5.76. The quantitative estimate of drug-likeness (QED) is 0.576. The first-order chi connectivity index (χ1) is 4.16. The highest BCUT2D eigenvalue weighted by Crippen LogP contribution is 1.94. The molecule has 0 aliphatic carbocycles. The van der Waals surface area contributed by atoms with Crippen LogP contribution in [0.1, 0.15) is 20.8 Å². The van der Waals surface area contributed by atoms with Gasteiger partial charge in [0, 0.05) is 6.61 Å². The van der Waals surface area contributed by atoms with E-state index in [1.165, 1.54) is 0 Å². The maximum absolute atomic E-state index is 8.78. The molecule has 1 atom stereocenters. The van der Waals surface area contributed by atoms with Gasteiger partial charge in [-0.1, -0.05) is 0 Å². The summed E-state index contributed by atoms with van der Waals surface area (Å²) in [5.41, 5.74) is 0. The SMILES string of the molecule is CCOC(O)OC(C)C. The van der Waals surface area contributed by atoms with Crippen LogP contribution >= 0.6 is 0 Å². The Kier molecular flexibility index (Phi) is 4.67. The minimum absolute atomic E-state index is 0.00606. The molecule has 0 aromatic heterocycles. The summed E-state index contributed by atoms with van der Waals surface area (Å²) in [5, 5.41) is 8.78. The molecular formula is C6H14O3. The van der Waals surface area contributed by atoms with Crippen LogP contribution in [0.4, 0.5) is 0 Å². The predicted molar refractivity (Wildman–Crippen MR) is 33.9 cm³/mol. The van der Waals surface area contributed by atoms with Gasteiger partial charge in [0.15, 0.2) is 0 Å². The molecule has 3 heteroatoms. The van der Waals surface area contributed by atoms with Crippen LogP contribution < -0.4 is 0 Å². The molecule has 0 heterocycles. The van der Waals surface area contributed by atoms with Crippen LogP contribution in [0.5, 0.6) is 0 Å². The number of aliphatic hydroxyl groups is 1. The smallest absolute Gasteiger partial charge is 0.269 e. The van der Waals surface area contributed by atoms with Crippen molar-refractivity contribution in [2.24, 2.45) is 0 Å². The Morgan fingerprint density at radius 3 is 2.33 bits per heavy atom. The fraction of sp³-hybridized carbons (Fsp3) is 1.00. The molecule has 0 amide bonds. The van der Waals surface area contributed by atoms with Gasteiger partial charge in [-0.15, -0.1) is 0 Å². The Morgan fingerprint density at radius 2 is 2.00 bits per heavy atom. The Labute approximate surface area is 55.6 Å². The molecule has 0 aromatic carbocycles. The molecule has 3 nitrogen and oxygen atoms in total. The normalized spacial score (nSPS) is 14.3. The van der Waals surface area contributed by atoms with Crippen molar-refractivity contribution >= 4 is 0 Å². The van der Waals surface area contributed by atoms with Crippen molar-refractivity contribution in [1.82, 2.24) is 0 Å². The van der Waals surface area contributed by atoms with E-state index in [0.717, 1.165) is 0 Å². The lowest BCUT2D eigenvalue weighted by Gasteiger charge is -2.13. The average Bonchev–Trinajstić information content (AvgIpc) is 1.63. The monoisotopic (exact) mass is 134 g/mol. The fourth-order valence-electron chi connectivity index (χ4n) is 0.415. The molecule has 0 spiro atoms. The van der Waals surface area contributed by atoms with Crippen molar-refractivity contribution in [3.63, 3.8) is 0 Å².